The van der Waals surface area contributed by atoms with Gasteiger partial charge in [-0.15, -0.1) is 0 Å². The van der Waals surface area contributed by atoms with Crippen LogP contribution in [0.2, 0.25) is 0 Å². The number of furan rings is 1. The molecule has 0 aliphatic carbocycles. The molecule has 3 amide bonds. The van der Waals surface area contributed by atoms with E-state index in [0.717, 1.165) is 4.90 Å². The molecule has 0 atom stereocenters. The summed E-state index contributed by atoms with van der Waals surface area (Å²) in [5, 5.41) is 2.45. The third-order valence-electron chi connectivity index (χ3n) is 3.51. The van der Waals surface area contributed by atoms with E-state index in [0.29, 0.717) is 5.56 Å². The van der Waals surface area contributed by atoms with Gasteiger partial charge in [0.25, 0.3) is 5.91 Å². The number of amides is 3. The fraction of sp³-hybridized carbons (Fsp3) is 0.118. The number of nitrogens with zero attached hydrogens (tertiary/aromatic N) is 1. The summed E-state index contributed by atoms with van der Waals surface area (Å²) in [6, 6.07) is 7.74. The molecule has 1 aromatic heterocycles. The Labute approximate surface area is 141 Å². The van der Waals surface area contributed by atoms with Gasteiger partial charge in [0, 0.05) is 0 Å². The van der Waals surface area contributed by atoms with E-state index in [-0.39, 0.29) is 23.8 Å². The van der Waals surface area contributed by atoms with E-state index in [2.05, 4.69) is 10.1 Å². The van der Waals surface area contributed by atoms with Gasteiger partial charge in [0.2, 0.25) is 5.76 Å². The van der Waals surface area contributed by atoms with Crippen LogP contribution in [0, 0.1) is 5.82 Å². The zero-order chi connectivity index (χ0) is 18.0. The third-order valence-corrected chi connectivity index (χ3v) is 3.51. The lowest BCUT2D eigenvalue weighted by atomic mass is 10.2. The van der Waals surface area contributed by atoms with Gasteiger partial charge in [0.1, 0.15) is 17.3 Å². The average molecular weight is 344 g/mol. The number of hydrogen-bond donors (Lipinski definition) is 1. The molecule has 0 saturated carbocycles. The van der Waals surface area contributed by atoms with Gasteiger partial charge in [-0.25, -0.2) is 14.0 Å². The fourth-order valence-electron chi connectivity index (χ4n) is 2.27. The highest BCUT2D eigenvalue weighted by Gasteiger charge is 2.34. The predicted octanol–water partition coefficient (Wildman–Crippen LogP) is 2.30. The molecule has 0 spiro atoms. The minimum atomic E-state index is -0.652. The molecule has 1 aliphatic heterocycles. The minimum Gasteiger partial charge on any atom is -0.463 e. The smallest absolute Gasteiger partial charge is 0.373 e. The number of imide groups is 1. The Morgan fingerprint density at radius 2 is 1.96 bits per heavy atom. The summed E-state index contributed by atoms with van der Waals surface area (Å²) >= 11 is 0. The monoisotopic (exact) mass is 344 g/mol. The van der Waals surface area contributed by atoms with Crippen LogP contribution in [-0.4, -0.2) is 29.9 Å². The van der Waals surface area contributed by atoms with Crippen LogP contribution in [0.3, 0.4) is 0 Å². The van der Waals surface area contributed by atoms with Crippen LogP contribution in [0.5, 0.6) is 0 Å². The Hall–Kier alpha value is -3.42. The lowest BCUT2D eigenvalue weighted by Gasteiger charge is -2.09. The zero-order valence-corrected chi connectivity index (χ0v) is 13.1. The quantitative estimate of drug-likeness (QED) is 0.522. The minimum absolute atomic E-state index is 0.0216. The molecule has 0 unspecified atom stereocenters. The van der Waals surface area contributed by atoms with E-state index in [1.165, 1.54) is 49.6 Å². The first kappa shape index (κ1) is 16.4. The van der Waals surface area contributed by atoms with E-state index in [4.69, 9.17) is 4.42 Å². The van der Waals surface area contributed by atoms with Gasteiger partial charge in [0.15, 0.2) is 0 Å². The maximum atomic E-state index is 12.9. The second kappa shape index (κ2) is 6.60. The SMILES string of the molecule is COC(=O)c1ccc(CN2C(=O)NC(=Cc3ccc(F)cc3)C2=O)o1. The summed E-state index contributed by atoms with van der Waals surface area (Å²) in [6.07, 6.45) is 1.45. The molecule has 1 fully saturated rings. The summed E-state index contributed by atoms with van der Waals surface area (Å²) in [6.45, 7) is -0.136. The summed E-state index contributed by atoms with van der Waals surface area (Å²) in [4.78, 5) is 36.7. The molecular formula is C17H13FN2O5. The highest BCUT2D eigenvalue weighted by molar-refractivity contribution is 6.13. The van der Waals surface area contributed by atoms with Crippen molar-refractivity contribution in [2.24, 2.45) is 0 Å². The Kier molecular flexibility index (Phi) is 4.34. The van der Waals surface area contributed by atoms with E-state index in [9.17, 15) is 18.8 Å². The number of rotatable bonds is 4. The van der Waals surface area contributed by atoms with E-state index >= 15 is 0 Å². The number of carbonyl (C=O) groups excluding carboxylic acids is 3. The number of carbonyl (C=O) groups is 3. The Morgan fingerprint density at radius 3 is 2.64 bits per heavy atom. The number of ether oxygens (including phenoxy) is 1. The number of urea groups is 1. The zero-order valence-electron chi connectivity index (χ0n) is 13.1. The largest absolute Gasteiger partial charge is 0.463 e. The van der Waals surface area contributed by atoms with Crippen molar-refractivity contribution in [3.63, 3.8) is 0 Å². The normalized spacial score (nSPS) is 15.6. The third kappa shape index (κ3) is 3.42. The van der Waals surface area contributed by atoms with Gasteiger partial charge in [-0.1, -0.05) is 12.1 Å². The van der Waals surface area contributed by atoms with Crippen LogP contribution < -0.4 is 5.32 Å². The second-order valence-corrected chi connectivity index (χ2v) is 5.19. The summed E-state index contributed by atoms with van der Waals surface area (Å²) in [5.74, 6) is -1.37. The first-order valence-corrected chi connectivity index (χ1v) is 7.25. The molecule has 0 bridgehead atoms. The molecule has 1 saturated heterocycles. The standard InChI is InChI=1S/C17H13FN2O5/c1-24-16(22)14-7-6-12(25-14)9-20-15(21)13(19-17(20)23)8-10-2-4-11(18)5-3-10/h2-8H,9H2,1H3,(H,19,23). The topological polar surface area (TPSA) is 88.9 Å². The summed E-state index contributed by atoms with van der Waals surface area (Å²) in [7, 11) is 1.22. The van der Waals surface area contributed by atoms with Crippen molar-refractivity contribution in [2.75, 3.05) is 7.11 Å². The van der Waals surface area contributed by atoms with Crippen LogP contribution in [0.4, 0.5) is 9.18 Å². The van der Waals surface area contributed by atoms with Crippen LogP contribution in [0.1, 0.15) is 21.9 Å². The molecule has 0 radical (unpaired) electrons. The van der Waals surface area contributed by atoms with Crippen LogP contribution >= 0.6 is 0 Å². The first-order chi connectivity index (χ1) is 12.0. The van der Waals surface area contributed by atoms with Crippen LogP contribution in [0.25, 0.3) is 6.08 Å². The maximum Gasteiger partial charge on any atom is 0.373 e. The van der Waals surface area contributed by atoms with Gasteiger partial charge in [-0.2, -0.15) is 0 Å². The molecule has 3 rings (SSSR count). The van der Waals surface area contributed by atoms with Crippen molar-refractivity contribution < 1.29 is 27.9 Å². The molecule has 2 aromatic rings. The molecule has 1 N–H and O–H groups in total. The van der Waals surface area contributed by atoms with Crippen molar-refractivity contribution >= 4 is 24.0 Å². The highest BCUT2D eigenvalue weighted by Crippen LogP contribution is 2.18. The Bertz CT molecular complexity index is 869. The van der Waals surface area contributed by atoms with E-state index in [1.54, 1.807) is 0 Å². The number of hydrogen-bond acceptors (Lipinski definition) is 5. The van der Waals surface area contributed by atoms with Crippen molar-refractivity contribution in [2.45, 2.75) is 6.54 Å². The molecule has 25 heavy (non-hydrogen) atoms. The molecule has 2 heterocycles. The maximum absolute atomic E-state index is 12.9. The van der Waals surface area contributed by atoms with Gasteiger partial charge in [0.05, 0.1) is 13.7 Å². The van der Waals surface area contributed by atoms with E-state index < -0.39 is 23.7 Å². The lowest BCUT2D eigenvalue weighted by Crippen LogP contribution is -2.30. The molecule has 7 nitrogen and oxygen atoms in total. The Balaban J connectivity index is 1.76. The van der Waals surface area contributed by atoms with E-state index in [1.807, 2.05) is 0 Å². The molecular weight excluding hydrogens is 331 g/mol. The summed E-state index contributed by atoms with van der Waals surface area (Å²) in [5.41, 5.74) is 0.634. The number of benzene rings is 1. The molecule has 1 aromatic carbocycles. The first-order valence-electron chi connectivity index (χ1n) is 7.25. The van der Waals surface area contributed by atoms with Gasteiger partial charge < -0.3 is 14.5 Å². The van der Waals surface area contributed by atoms with Crippen molar-refractivity contribution in [1.29, 1.82) is 0 Å². The molecule has 8 heteroatoms. The van der Waals surface area contributed by atoms with Gasteiger partial charge >= 0.3 is 12.0 Å². The number of esters is 1. The van der Waals surface area contributed by atoms with Gasteiger partial charge in [-0.05, 0) is 35.9 Å². The van der Waals surface area contributed by atoms with Crippen molar-refractivity contribution in [3.8, 4) is 0 Å². The number of nitrogens with one attached hydrogen (secondary N) is 1. The molecule has 1 aliphatic rings. The van der Waals surface area contributed by atoms with Crippen LogP contribution in [0.15, 0.2) is 46.5 Å². The number of halogens is 1. The fourth-order valence-corrected chi connectivity index (χ4v) is 2.27. The molecule has 128 valence electrons. The lowest BCUT2D eigenvalue weighted by molar-refractivity contribution is -0.123. The average Bonchev–Trinajstić information content (AvgIpc) is 3.17. The predicted molar refractivity (Wildman–Crippen MR) is 83.5 cm³/mol. The van der Waals surface area contributed by atoms with Gasteiger partial charge in [-0.3, -0.25) is 9.69 Å². The van der Waals surface area contributed by atoms with Crippen LogP contribution in [-0.2, 0) is 16.1 Å². The Morgan fingerprint density at radius 1 is 1.24 bits per heavy atom. The van der Waals surface area contributed by atoms with Crippen molar-refractivity contribution in [3.05, 3.63) is 65.0 Å². The van der Waals surface area contributed by atoms with Crippen molar-refractivity contribution in [1.82, 2.24) is 10.2 Å². The highest BCUT2D eigenvalue weighted by atomic mass is 19.1. The second-order valence-electron chi connectivity index (χ2n) is 5.19. The number of methoxy groups -OCH3 is 1. The summed E-state index contributed by atoms with van der Waals surface area (Å²) < 4.78 is 22.7.